The number of benzene rings is 1. The standard InChI is InChI=1S/C15H18N2O3/c1-10(2)19-13-5-3-11(4-6-13)15-16-14(17-20-15)12-7-8-18-9-12/h3-6,10,12H,7-9H2,1-2H3/t12-/m0/s1. The van der Waals surface area contributed by atoms with Crippen LogP contribution in [0.1, 0.15) is 32.0 Å². The maximum Gasteiger partial charge on any atom is 0.257 e. The molecule has 0 bridgehead atoms. The van der Waals surface area contributed by atoms with Gasteiger partial charge in [-0.3, -0.25) is 0 Å². The van der Waals surface area contributed by atoms with E-state index in [4.69, 9.17) is 14.0 Å². The van der Waals surface area contributed by atoms with Crippen LogP contribution in [0.3, 0.4) is 0 Å². The number of hydrogen-bond donors (Lipinski definition) is 0. The van der Waals surface area contributed by atoms with Gasteiger partial charge in [-0.05, 0) is 44.5 Å². The molecule has 5 nitrogen and oxygen atoms in total. The molecule has 0 amide bonds. The van der Waals surface area contributed by atoms with Gasteiger partial charge in [-0.15, -0.1) is 0 Å². The van der Waals surface area contributed by atoms with Gasteiger partial charge in [0.05, 0.1) is 12.7 Å². The average molecular weight is 274 g/mol. The zero-order valence-corrected chi connectivity index (χ0v) is 11.7. The van der Waals surface area contributed by atoms with E-state index >= 15 is 0 Å². The third-order valence-electron chi connectivity index (χ3n) is 3.21. The molecule has 1 aliphatic rings. The lowest BCUT2D eigenvalue weighted by Gasteiger charge is -2.09. The summed E-state index contributed by atoms with van der Waals surface area (Å²) >= 11 is 0. The van der Waals surface area contributed by atoms with E-state index in [2.05, 4.69) is 10.1 Å². The van der Waals surface area contributed by atoms with E-state index in [1.54, 1.807) is 0 Å². The molecule has 1 saturated heterocycles. The van der Waals surface area contributed by atoms with Gasteiger partial charge in [0.1, 0.15) is 5.75 Å². The Morgan fingerprint density at radius 3 is 2.70 bits per heavy atom. The lowest BCUT2D eigenvalue weighted by atomic mass is 10.1. The van der Waals surface area contributed by atoms with Crippen molar-refractivity contribution in [3.05, 3.63) is 30.1 Å². The van der Waals surface area contributed by atoms with Gasteiger partial charge in [0.15, 0.2) is 5.82 Å². The summed E-state index contributed by atoms with van der Waals surface area (Å²) in [4.78, 5) is 4.45. The summed E-state index contributed by atoms with van der Waals surface area (Å²) in [7, 11) is 0. The molecule has 1 aromatic carbocycles. The van der Waals surface area contributed by atoms with E-state index in [0.29, 0.717) is 12.5 Å². The molecule has 20 heavy (non-hydrogen) atoms. The molecule has 0 radical (unpaired) electrons. The summed E-state index contributed by atoms with van der Waals surface area (Å²) in [5.41, 5.74) is 0.902. The molecule has 5 heteroatoms. The molecule has 2 aromatic rings. The quantitative estimate of drug-likeness (QED) is 0.857. The first-order valence-electron chi connectivity index (χ1n) is 6.91. The second-order valence-electron chi connectivity index (χ2n) is 5.21. The van der Waals surface area contributed by atoms with Crippen LogP contribution < -0.4 is 4.74 Å². The molecule has 0 N–H and O–H groups in total. The minimum Gasteiger partial charge on any atom is -0.491 e. The van der Waals surface area contributed by atoms with Crippen LogP contribution in [0.2, 0.25) is 0 Å². The number of ether oxygens (including phenoxy) is 2. The predicted octanol–water partition coefficient (Wildman–Crippen LogP) is 3.03. The number of aromatic nitrogens is 2. The highest BCUT2D eigenvalue weighted by Gasteiger charge is 2.23. The Morgan fingerprint density at radius 1 is 1.25 bits per heavy atom. The van der Waals surface area contributed by atoms with Crippen LogP contribution in [-0.4, -0.2) is 29.5 Å². The Bertz CT molecular complexity index is 557. The van der Waals surface area contributed by atoms with Gasteiger partial charge in [0.2, 0.25) is 0 Å². The van der Waals surface area contributed by atoms with Crippen molar-refractivity contribution >= 4 is 0 Å². The molecule has 1 aliphatic heterocycles. The van der Waals surface area contributed by atoms with Crippen LogP contribution in [-0.2, 0) is 4.74 Å². The smallest absolute Gasteiger partial charge is 0.257 e. The van der Waals surface area contributed by atoms with Crippen molar-refractivity contribution in [2.45, 2.75) is 32.3 Å². The third kappa shape index (κ3) is 2.82. The van der Waals surface area contributed by atoms with Crippen LogP contribution in [0.4, 0.5) is 0 Å². The van der Waals surface area contributed by atoms with Gasteiger partial charge in [0, 0.05) is 18.1 Å². The first kappa shape index (κ1) is 13.1. The SMILES string of the molecule is CC(C)Oc1ccc(-c2nc([C@H]3CCOC3)no2)cc1. The van der Waals surface area contributed by atoms with Gasteiger partial charge < -0.3 is 14.0 Å². The summed E-state index contributed by atoms with van der Waals surface area (Å²) in [6, 6.07) is 7.69. The van der Waals surface area contributed by atoms with Crippen molar-refractivity contribution in [3.63, 3.8) is 0 Å². The van der Waals surface area contributed by atoms with E-state index in [-0.39, 0.29) is 12.0 Å². The minimum atomic E-state index is 0.165. The Kier molecular flexibility index (Phi) is 3.69. The van der Waals surface area contributed by atoms with Gasteiger partial charge >= 0.3 is 0 Å². The number of rotatable bonds is 4. The Labute approximate surface area is 117 Å². The molecule has 0 saturated carbocycles. The molecule has 1 aromatic heterocycles. The van der Waals surface area contributed by atoms with Crippen molar-refractivity contribution in [2.24, 2.45) is 0 Å². The third-order valence-corrected chi connectivity index (χ3v) is 3.21. The molecule has 0 unspecified atom stereocenters. The maximum atomic E-state index is 5.61. The van der Waals surface area contributed by atoms with Crippen LogP contribution in [0.5, 0.6) is 5.75 Å². The predicted molar refractivity (Wildman–Crippen MR) is 73.7 cm³/mol. The maximum absolute atomic E-state index is 5.61. The second-order valence-corrected chi connectivity index (χ2v) is 5.21. The molecule has 2 heterocycles. The largest absolute Gasteiger partial charge is 0.491 e. The summed E-state index contributed by atoms with van der Waals surface area (Å²) < 4.78 is 16.3. The molecule has 1 fully saturated rings. The van der Waals surface area contributed by atoms with Gasteiger partial charge in [-0.25, -0.2) is 0 Å². The Balaban J connectivity index is 1.75. The lowest BCUT2D eigenvalue weighted by molar-refractivity contribution is 0.192. The highest BCUT2D eigenvalue weighted by Crippen LogP contribution is 2.26. The topological polar surface area (TPSA) is 57.4 Å². The van der Waals surface area contributed by atoms with E-state index in [1.165, 1.54) is 0 Å². The minimum absolute atomic E-state index is 0.165. The summed E-state index contributed by atoms with van der Waals surface area (Å²) in [5, 5.41) is 4.05. The molecular formula is C15H18N2O3. The van der Waals surface area contributed by atoms with E-state index in [9.17, 15) is 0 Å². The van der Waals surface area contributed by atoms with E-state index in [0.717, 1.165) is 30.2 Å². The summed E-state index contributed by atoms with van der Waals surface area (Å²) in [6.45, 7) is 5.46. The molecule has 1 atom stereocenters. The van der Waals surface area contributed by atoms with Crippen LogP contribution in [0.25, 0.3) is 11.5 Å². The molecular weight excluding hydrogens is 256 g/mol. The van der Waals surface area contributed by atoms with Crippen molar-refractivity contribution < 1.29 is 14.0 Å². The number of hydrogen-bond acceptors (Lipinski definition) is 5. The highest BCUT2D eigenvalue weighted by molar-refractivity contribution is 5.54. The molecule has 0 aliphatic carbocycles. The van der Waals surface area contributed by atoms with Crippen molar-refractivity contribution in [1.29, 1.82) is 0 Å². The Hall–Kier alpha value is -1.88. The van der Waals surface area contributed by atoms with Crippen LogP contribution in [0.15, 0.2) is 28.8 Å². The van der Waals surface area contributed by atoms with Crippen molar-refractivity contribution in [3.8, 4) is 17.2 Å². The summed E-state index contributed by atoms with van der Waals surface area (Å²) in [5.74, 6) is 2.38. The monoisotopic (exact) mass is 274 g/mol. The van der Waals surface area contributed by atoms with E-state index in [1.807, 2.05) is 38.1 Å². The normalized spacial score (nSPS) is 18.6. The van der Waals surface area contributed by atoms with Crippen molar-refractivity contribution in [1.82, 2.24) is 10.1 Å². The van der Waals surface area contributed by atoms with Gasteiger partial charge in [0.25, 0.3) is 5.89 Å². The average Bonchev–Trinajstić information content (AvgIpc) is 3.10. The second kappa shape index (κ2) is 5.63. The lowest BCUT2D eigenvalue weighted by Crippen LogP contribution is -2.05. The first-order chi connectivity index (χ1) is 9.72. The fourth-order valence-corrected chi connectivity index (χ4v) is 2.20. The molecule has 0 spiro atoms. The van der Waals surface area contributed by atoms with Crippen molar-refractivity contribution in [2.75, 3.05) is 13.2 Å². The first-order valence-corrected chi connectivity index (χ1v) is 6.91. The van der Waals surface area contributed by atoms with Crippen LogP contribution >= 0.6 is 0 Å². The Morgan fingerprint density at radius 2 is 2.05 bits per heavy atom. The fourth-order valence-electron chi connectivity index (χ4n) is 2.20. The van der Waals surface area contributed by atoms with Gasteiger partial charge in [-0.2, -0.15) is 4.98 Å². The van der Waals surface area contributed by atoms with Gasteiger partial charge in [-0.1, -0.05) is 5.16 Å². The summed E-state index contributed by atoms with van der Waals surface area (Å²) in [6.07, 6.45) is 1.12. The fraction of sp³-hybridized carbons (Fsp3) is 0.467. The molecule has 106 valence electrons. The highest BCUT2D eigenvalue weighted by atomic mass is 16.5. The van der Waals surface area contributed by atoms with Crippen LogP contribution in [0, 0.1) is 0 Å². The zero-order valence-electron chi connectivity index (χ0n) is 11.7. The number of nitrogens with zero attached hydrogens (tertiary/aromatic N) is 2. The molecule has 3 rings (SSSR count). The van der Waals surface area contributed by atoms with E-state index < -0.39 is 0 Å². The zero-order chi connectivity index (χ0) is 13.9.